The third-order valence-electron chi connectivity index (χ3n) is 3.48. The van der Waals surface area contributed by atoms with E-state index in [4.69, 9.17) is 5.73 Å². The summed E-state index contributed by atoms with van der Waals surface area (Å²) in [6, 6.07) is 4.25. The summed E-state index contributed by atoms with van der Waals surface area (Å²) in [6.07, 6.45) is 6.37. The molecule has 0 bridgehead atoms. The highest BCUT2D eigenvalue weighted by molar-refractivity contribution is 5.78. The lowest BCUT2D eigenvalue weighted by Gasteiger charge is -2.29. The molecule has 1 amide bonds. The van der Waals surface area contributed by atoms with Gasteiger partial charge in [0.2, 0.25) is 5.91 Å². The number of pyridine rings is 1. The number of hydrogen-bond acceptors (Lipinski definition) is 4. The number of carbonyl (C=O) groups excluding carboxylic acids is 1. The third-order valence-corrected chi connectivity index (χ3v) is 3.48. The Balaban J connectivity index is 1.62. The van der Waals surface area contributed by atoms with Crippen molar-refractivity contribution >= 4 is 5.91 Å². The number of likely N-dealkylation sites (tertiary alicyclic amines) is 1. The van der Waals surface area contributed by atoms with Crippen molar-refractivity contribution in [1.29, 1.82) is 0 Å². The number of hydrogen-bond donors (Lipinski definition) is 2. The van der Waals surface area contributed by atoms with E-state index in [1.165, 1.54) is 5.56 Å². The topological polar surface area (TPSA) is 71.2 Å². The minimum atomic E-state index is 0.101. The number of amides is 1. The molecule has 5 nitrogen and oxygen atoms in total. The number of nitrogens with one attached hydrogen (secondary N) is 1. The predicted octanol–water partition coefficient (Wildman–Crippen LogP) is 0.163. The van der Waals surface area contributed by atoms with Crippen LogP contribution in [0, 0.1) is 0 Å². The Morgan fingerprint density at radius 3 is 2.74 bits per heavy atom. The van der Waals surface area contributed by atoms with Crippen LogP contribution in [-0.2, 0) is 11.2 Å². The summed E-state index contributed by atoms with van der Waals surface area (Å²) >= 11 is 0. The molecule has 0 radical (unpaired) electrons. The summed E-state index contributed by atoms with van der Waals surface area (Å²) in [6.45, 7) is 3.02. The average Bonchev–Trinajstić information content (AvgIpc) is 2.43. The maximum absolute atomic E-state index is 11.8. The molecule has 1 aliphatic rings. The lowest BCUT2D eigenvalue weighted by atomic mass is 10.1. The van der Waals surface area contributed by atoms with Crippen LogP contribution >= 0.6 is 0 Å². The van der Waals surface area contributed by atoms with E-state index in [0.717, 1.165) is 32.4 Å². The summed E-state index contributed by atoms with van der Waals surface area (Å²) in [4.78, 5) is 17.9. The van der Waals surface area contributed by atoms with Gasteiger partial charge in [-0.1, -0.05) is 0 Å². The SMILES string of the molecule is NC1CCN(CC(=O)NCCc2ccncc2)CC1. The Labute approximate surface area is 114 Å². The molecule has 19 heavy (non-hydrogen) atoms. The van der Waals surface area contributed by atoms with Crippen LogP contribution in [0.25, 0.3) is 0 Å². The highest BCUT2D eigenvalue weighted by Crippen LogP contribution is 2.07. The van der Waals surface area contributed by atoms with Gasteiger partial charge in [0.15, 0.2) is 0 Å². The van der Waals surface area contributed by atoms with E-state index in [1.807, 2.05) is 12.1 Å². The van der Waals surface area contributed by atoms with Gasteiger partial charge in [-0.25, -0.2) is 0 Å². The van der Waals surface area contributed by atoms with Gasteiger partial charge in [-0.05, 0) is 37.0 Å². The smallest absolute Gasteiger partial charge is 0.234 e. The van der Waals surface area contributed by atoms with Gasteiger partial charge in [0, 0.05) is 38.1 Å². The Hall–Kier alpha value is -1.46. The molecule has 0 aromatic carbocycles. The molecule has 1 aliphatic heterocycles. The minimum absolute atomic E-state index is 0.101. The van der Waals surface area contributed by atoms with E-state index in [-0.39, 0.29) is 5.91 Å². The van der Waals surface area contributed by atoms with Crippen LogP contribution in [0.1, 0.15) is 18.4 Å². The maximum Gasteiger partial charge on any atom is 0.234 e. The van der Waals surface area contributed by atoms with Crippen LogP contribution in [0.3, 0.4) is 0 Å². The lowest BCUT2D eigenvalue weighted by Crippen LogP contribution is -2.44. The zero-order chi connectivity index (χ0) is 13.5. The van der Waals surface area contributed by atoms with Crippen LogP contribution in [0.5, 0.6) is 0 Å². The van der Waals surface area contributed by atoms with Gasteiger partial charge in [0.25, 0.3) is 0 Å². The molecule has 0 aliphatic carbocycles. The van der Waals surface area contributed by atoms with Crippen molar-refractivity contribution in [2.24, 2.45) is 5.73 Å². The number of rotatable bonds is 5. The Morgan fingerprint density at radius 2 is 2.05 bits per heavy atom. The summed E-state index contributed by atoms with van der Waals surface area (Å²) in [5, 5.41) is 2.96. The summed E-state index contributed by atoms with van der Waals surface area (Å²) in [7, 11) is 0. The van der Waals surface area contributed by atoms with Crippen molar-refractivity contribution in [2.45, 2.75) is 25.3 Å². The molecule has 1 fully saturated rings. The second kappa shape index (κ2) is 7.21. The molecule has 3 N–H and O–H groups in total. The quantitative estimate of drug-likeness (QED) is 0.793. The fourth-order valence-corrected chi connectivity index (χ4v) is 2.27. The van der Waals surface area contributed by atoms with E-state index in [2.05, 4.69) is 15.2 Å². The summed E-state index contributed by atoms with van der Waals surface area (Å²) in [5.41, 5.74) is 7.03. The molecule has 1 aromatic rings. The van der Waals surface area contributed by atoms with Crippen molar-refractivity contribution in [2.75, 3.05) is 26.2 Å². The second-order valence-electron chi connectivity index (χ2n) is 5.07. The molecule has 1 saturated heterocycles. The number of nitrogens with zero attached hydrogens (tertiary/aromatic N) is 2. The second-order valence-corrected chi connectivity index (χ2v) is 5.07. The molecule has 0 saturated carbocycles. The third kappa shape index (κ3) is 4.96. The first-order valence-corrected chi connectivity index (χ1v) is 6.87. The predicted molar refractivity (Wildman–Crippen MR) is 74.6 cm³/mol. The van der Waals surface area contributed by atoms with Gasteiger partial charge in [0.05, 0.1) is 6.54 Å². The van der Waals surface area contributed by atoms with Crippen molar-refractivity contribution < 1.29 is 4.79 Å². The molecule has 5 heteroatoms. The lowest BCUT2D eigenvalue weighted by molar-refractivity contribution is -0.122. The van der Waals surface area contributed by atoms with E-state index < -0.39 is 0 Å². The Kier molecular flexibility index (Phi) is 5.30. The van der Waals surface area contributed by atoms with E-state index in [9.17, 15) is 4.79 Å². The molecule has 2 rings (SSSR count). The van der Waals surface area contributed by atoms with Gasteiger partial charge < -0.3 is 11.1 Å². The van der Waals surface area contributed by atoms with Gasteiger partial charge in [-0.2, -0.15) is 0 Å². The Bertz CT molecular complexity index is 388. The largest absolute Gasteiger partial charge is 0.355 e. The van der Waals surface area contributed by atoms with Crippen LogP contribution < -0.4 is 11.1 Å². The van der Waals surface area contributed by atoms with Crippen LogP contribution in [0.2, 0.25) is 0 Å². The number of piperidine rings is 1. The van der Waals surface area contributed by atoms with Gasteiger partial charge in [-0.3, -0.25) is 14.7 Å². The molecule has 2 heterocycles. The molecular weight excluding hydrogens is 240 g/mol. The van der Waals surface area contributed by atoms with Crippen molar-refractivity contribution in [3.05, 3.63) is 30.1 Å². The normalized spacial score (nSPS) is 17.3. The van der Waals surface area contributed by atoms with Crippen molar-refractivity contribution in [3.63, 3.8) is 0 Å². The fraction of sp³-hybridized carbons (Fsp3) is 0.571. The monoisotopic (exact) mass is 262 g/mol. The molecular formula is C14H22N4O. The van der Waals surface area contributed by atoms with Gasteiger partial charge >= 0.3 is 0 Å². The standard InChI is InChI=1S/C14H22N4O/c15-13-4-9-18(10-5-13)11-14(19)17-8-3-12-1-6-16-7-2-12/h1-2,6-7,13H,3-5,8-11,15H2,(H,17,19). The first kappa shape index (κ1) is 14.0. The first-order valence-electron chi connectivity index (χ1n) is 6.87. The van der Waals surface area contributed by atoms with Gasteiger partial charge in [0.1, 0.15) is 0 Å². The van der Waals surface area contributed by atoms with Crippen LogP contribution in [0.15, 0.2) is 24.5 Å². The summed E-state index contributed by atoms with van der Waals surface area (Å²) < 4.78 is 0. The van der Waals surface area contributed by atoms with E-state index in [1.54, 1.807) is 12.4 Å². The summed E-state index contributed by atoms with van der Waals surface area (Å²) in [5.74, 6) is 0.101. The van der Waals surface area contributed by atoms with Crippen LogP contribution in [0.4, 0.5) is 0 Å². The average molecular weight is 262 g/mol. The maximum atomic E-state index is 11.8. The molecule has 104 valence electrons. The molecule has 0 spiro atoms. The van der Waals surface area contributed by atoms with Crippen molar-refractivity contribution in [3.8, 4) is 0 Å². The van der Waals surface area contributed by atoms with E-state index >= 15 is 0 Å². The minimum Gasteiger partial charge on any atom is -0.355 e. The van der Waals surface area contributed by atoms with E-state index in [0.29, 0.717) is 19.1 Å². The zero-order valence-electron chi connectivity index (χ0n) is 11.2. The number of aromatic nitrogens is 1. The number of nitrogens with two attached hydrogens (primary N) is 1. The fourth-order valence-electron chi connectivity index (χ4n) is 2.27. The first-order chi connectivity index (χ1) is 9.24. The molecule has 0 unspecified atom stereocenters. The molecule has 1 aromatic heterocycles. The van der Waals surface area contributed by atoms with Crippen molar-refractivity contribution in [1.82, 2.24) is 15.2 Å². The number of carbonyl (C=O) groups is 1. The highest BCUT2D eigenvalue weighted by Gasteiger charge is 2.17. The van der Waals surface area contributed by atoms with Gasteiger partial charge in [-0.15, -0.1) is 0 Å². The molecule has 0 atom stereocenters. The van der Waals surface area contributed by atoms with Crippen LogP contribution in [-0.4, -0.2) is 48.0 Å². The highest BCUT2D eigenvalue weighted by atomic mass is 16.2. The zero-order valence-corrected chi connectivity index (χ0v) is 11.2. The Morgan fingerprint density at radius 1 is 1.37 bits per heavy atom.